The minimum Gasteiger partial charge on any atom is -0.365 e. The molecule has 0 amide bonds. The molecule has 3 N–H and O–H groups in total. The van der Waals surface area contributed by atoms with Crippen molar-refractivity contribution in [3.8, 4) is 0 Å². The van der Waals surface area contributed by atoms with Crippen LogP contribution in [0.15, 0.2) is 12.3 Å². The number of rotatable bonds is 1. The highest BCUT2D eigenvalue weighted by molar-refractivity contribution is 5.17. The predicted octanol–water partition coefficient (Wildman–Crippen LogP) is 1.46. The Morgan fingerprint density at radius 2 is 2.10 bits per heavy atom. The van der Waals surface area contributed by atoms with Crippen LogP contribution < -0.4 is 5.73 Å². The molecule has 0 aliphatic rings. The Kier molecular flexibility index (Phi) is 4.67. The van der Waals surface area contributed by atoms with Crippen LogP contribution in [0.25, 0.3) is 0 Å². The lowest BCUT2D eigenvalue weighted by atomic mass is 10.2. The molecular formula is C8H16N2. The van der Waals surface area contributed by atoms with E-state index >= 15 is 0 Å². The fourth-order valence-electron chi connectivity index (χ4n) is 0.863. The van der Waals surface area contributed by atoms with Gasteiger partial charge in [-0.2, -0.15) is 0 Å². The molecule has 0 atom stereocenters. The van der Waals surface area contributed by atoms with Crippen LogP contribution in [0.2, 0.25) is 0 Å². The second-order valence-electron chi connectivity index (χ2n) is 1.99. The van der Waals surface area contributed by atoms with Crippen molar-refractivity contribution in [2.45, 2.75) is 20.3 Å². The zero-order chi connectivity index (χ0) is 7.98. The zero-order valence-corrected chi connectivity index (χ0v) is 6.94. The summed E-state index contributed by atoms with van der Waals surface area (Å²) in [4.78, 5) is 3.16. The van der Waals surface area contributed by atoms with Crippen molar-refractivity contribution in [2.24, 2.45) is 5.73 Å². The van der Waals surface area contributed by atoms with E-state index in [0.717, 1.165) is 6.42 Å². The molecule has 1 aromatic heterocycles. The maximum Gasteiger partial charge on any atom is 0.0174 e. The van der Waals surface area contributed by atoms with Crippen molar-refractivity contribution >= 4 is 0 Å². The van der Waals surface area contributed by atoms with E-state index in [9.17, 15) is 0 Å². The molecule has 2 heteroatoms. The predicted molar refractivity (Wildman–Crippen MR) is 45.0 cm³/mol. The van der Waals surface area contributed by atoms with E-state index in [-0.39, 0.29) is 0 Å². The summed E-state index contributed by atoms with van der Waals surface area (Å²) in [6.45, 7) is 4.27. The van der Waals surface area contributed by atoms with Crippen LogP contribution in [-0.2, 0) is 6.42 Å². The normalized spacial score (nSPS) is 8.40. The van der Waals surface area contributed by atoms with Gasteiger partial charge in [0.25, 0.3) is 0 Å². The fourth-order valence-corrected chi connectivity index (χ4v) is 0.863. The van der Waals surface area contributed by atoms with Gasteiger partial charge in [0.2, 0.25) is 0 Å². The Bertz CT molecular complexity index is 168. The van der Waals surface area contributed by atoms with Crippen LogP contribution in [0.3, 0.4) is 0 Å². The van der Waals surface area contributed by atoms with Gasteiger partial charge in [-0.3, -0.25) is 0 Å². The standard InChI is InChI=1S/C7H11N.CH5N/c1-3-7-6(2)4-5-8-7;1-2/h4-5,8H,3H2,1-2H3;2H2,1H3. The number of H-pyrrole nitrogens is 1. The third-order valence-corrected chi connectivity index (χ3v) is 1.42. The lowest BCUT2D eigenvalue weighted by Crippen LogP contribution is -1.79. The molecule has 0 saturated carbocycles. The van der Waals surface area contributed by atoms with E-state index < -0.39 is 0 Å². The largest absolute Gasteiger partial charge is 0.365 e. The average Bonchev–Trinajstić information content (AvgIpc) is 2.39. The fraction of sp³-hybridized carbons (Fsp3) is 0.500. The second-order valence-corrected chi connectivity index (χ2v) is 1.99. The van der Waals surface area contributed by atoms with Gasteiger partial charge in [-0.1, -0.05) is 6.92 Å². The molecule has 0 bridgehead atoms. The molecule has 0 fully saturated rings. The topological polar surface area (TPSA) is 41.8 Å². The molecule has 0 aliphatic heterocycles. The van der Waals surface area contributed by atoms with Crippen molar-refractivity contribution < 1.29 is 0 Å². The van der Waals surface area contributed by atoms with Gasteiger partial charge in [-0.25, -0.2) is 0 Å². The van der Waals surface area contributed by atoms with Crippen molar-refractivity contribution in [1.29, 1.82) is 0 Å². The average molecular weight is 140 g/mol. The zero-order valence-electron chi connectivity index (χ0n) is 6.94. The SMILES string of the molecule is CCc1[nH]ccc1C.CN. The summed E-state index contributed by atoms with van der Waals surface area (Å²) in [5, 5.41) is 0. The number of aromatic amines is 1. The van der Waals surface area contributed by atoms with Gasteiger partial charge in [0.1, 0.15) is 0 Å². The molecule has 2 nitrogen and oxygen atoms in total. The Hall–Kier alpha value is -0.760. The van der Waals surface area contributed by atoms with Crippen molar-refractivity contribution in [3.05, 3.63) is 23.5 Å². The van der Waals surface area contributed by atoms with E-state index in [1.54, 1.807) is 0 Å². The molecule has 1 rings (SSSR count). The maximum atomic E-state index is 4.50. The minimum atomic E-state index is 1.11. The first-order valence-corrected chi connectivity index (χ1v) is 3.55. The monoisotopic (exact) mass is 140 g/mol. The third-order valence-electron chi connectivity index (χ3n) is 1.42. The second kappa shape index (κ2) is 5.06. The molecule has 0 aromatic carbocycles. The lowest BCUT2D eigenvalue weighted by molar-refractivity contribution is 1.04. The first-order chi connectivity index (χ1) is 4.84. The van der Waals surface area contributed by atoms with Gasteiger partial charge in [0, 0.05) is 11.9 Å². The Morgan fingerprint density at radius 3 is 2.30 bits per heavy atom. The maximum absolute atomic E-state index is 4.50. The van der Waals surface area contributed by atoms with Crippen LogP contribution >= 0.6 is 0 Å². The lowest BCUT2D eigenvalue weighted by Gasteiger charge is -1.89. The van der Waals surface area contributed by atoms with E-state index in [1.165, 1.54) is 18.3 Å². The molecule has 0 saturated heterocycles. The summed E-state index contributed by atoms with van der Waals surface area (Å²) in [7, 11) is 1.50. The highest BCUT2D eigenvalue weighted by Crippen LogP contribution is 2.03. The summed E-state index contributed by atoms with van der Waals surface area (Å²) in [5.74, 6) is 0. The number of aromatic nitrogens is 1. The Morgan fingerprint density at radius 1 is 1.50 bits per heavy atom. The number of hydrogen-bond donors (Lipinski definition) is 2. The van der Waals surface area contributed by atoms with Crippen LogP contribution in [0.4, 0.5) is 0 Å². The van der Waals surface area contributed by atoms with Gasteiger partial charge >= 0.3 is 0 Å². The van der Waals surface area contributed by atoms with Crippen LogP contribution in [-0.4, -0.2) is 12.0 Å². The highest BCUT2D eigenvalue weighted by Gasteiger charge is 1.91. The van der Waals surface area contributed by atoms with E-state index in [1.807, 2.05) is 6.20 Å². The third kappa shape index (κ3) is 2.23. The molecule has 1 heterocycles. The quantitative estimate of drug-likeness (QED) is 0.609. The van der Waals surface area contributed by atoms with Gasteiger partial charge in [-0.05, 0) is 32.0 Å². The summed E-state index contributed by atoms with van der Waals surface area (Å²) < 4.78 is 0. The van der Waals surface area contributed by atoms with E-state index in [2.05, 4.69) is 30.6 Å². The number of nitrogens with one attached hydrogen (secondary N) is 1. The summed E-state index contributed by atoms with van der Waals surface area (Å²) in [5.41, 5.74) is 7.22. The molecule has 58 valence electrons. The van der Waals surface area contributed by atoms with Gasteiger partial charge < -0.3 is 10.7 Å². The number of hydrogen-bond acceptors (Lipinski definition) is 1. The van der Waals surface area contributed by atoms with Crippen molar-refractivity contribution in [1.82, 2.24) is 4.98 Å². The molecule has 0 radical (unpaired) electrons. The van der Waals surface area contributed by atoms with E-state index in [0.29, 0.717) is 0 Å². The summed E-state index contributed by atoms with van der Waals surface area (Å²) in [6.07, 6.45) is 3.09. The molecule has 1 aromatic rings. The number of nitrogens with two attached hydrogens (primary N) is 1. The molecule has 0 aliphatic carbocycles. The van der Waals surface area contributed by atoms with Gasteiger partial charge in [-0.15, -0.1) is 0 Å². The molecule has 0 spiro atoms. The Balaban J connectivity index is 0.000000371. The highest BCUT2D eigenvalue weighted by atomic mass is 14.7. The summed E-state index contributed by atoms with van der Waals surface area (Å²) in [6, 6.07) is 2.10. The van der Waals surface area contributed by atoms with Crippen LogP contribution in [0.1, 0.15) is 18.2 Å². The van der Waals surface area contributed by atoms with E-state index in [4.69, 9.17) is 0 Å². The van der Waals surface area contributed by atoms with Crippen molar-refractivity contribution in [3.63, 3.8) is 0 Å². The molecule has 0 unspecified atom stereocenters. The first-order valence-electron chi connectivity index (χ1n) is 3.55. The molecular weight excluding hydrogens is 124 g/mol. The molecule has 10 heavy (non-hydrogen) atoms. The minimum absolute atomic E-state index is 1.11. The Labute approximate surface area is 62.4 Å². The van der Waals surface area contributed by atoms with Gasteiger partial charge in [0.15, 0.2) is 0 Å². The summed E-state index contributed by atoms with van der Waals surface area (Å²) >= 11 is 0. The van der Waals surface area contributed by atoms with Crippen molar-refractivity contribution in [2.75, 3.05) is 7.05 Å². The van der Waals surface area contributed by atoms with Crippen LogP contribution in [0.5, 0.6) is 0 Å². The number of aryl methyl sites for hydroxylation is 2. The first kappa shape index (κ1) is 9.24. The smallest absolute Gasteiger partial charge is 0.0174 e. The van der Waals surface area contributed by atoms with Crippen LogP contribution in [0, 0.1) is 6.92 Å². The van der Waals surface area contributed by atoms with Gasteiger partial charge in [0.05, 0.1) is 0 Å².